The molecule has 2 aromatic carbocycles. The molecule has 2 heterocycles. The lowest BCUT2D eigenvalue weighted by molar-refractivity contribution is 0.102. The normalized spacial score (nSPS) is 10.8. The van der Waals surface area contributed by atoms with Crippen LogP contribution in [0.5, 0.6) is 11.5 Å². The van der Waals surface area contributed by atoms with Crippen LogP contribution in [0.4, 0.5) is 9.52 Å². The van der Waals surface area contributed by atoms with Crippen LogP contribution >= 0.6 is 23.1 Å². The number of halogens is 1. The van der Waals surface area contributed by atoms with Gasteiger partial charge < -0.3 is 9.47 Å². The second-order valence-corrected chi connectivity index (χ2v) is 8.03. The molecule has 0 fully saturated rings. The third-order valence-corrected chi connectivity index (χ3v) is 5.94. The first-order valence-electron chi connectivity index (χ1n) is 8.53. The zero-order chi connectivity index (χ0) is 21.1. The lowest BCUT2D eigenvalue weighted by atomic mass is 10.2. The monoisotopic (exact) mass is 443 g/mol. The van der Waals surface area contributed by atoms with Crippen LogP contribution < -0.4 is 14.8 Å². The number of methoxy groups -OCH3 is 2. The highest BCUT2D eigenvalue weighted by Gasteiger charge is 2.16. The van der Waals surface area contributed by atoms with Gasteiger partial charge in [0.25, 0.3) is 5.91 Å². The molecular formula is C19H14FN5O3S2. The Morgan fingerprint density at radius 2 is 1.87 bits per heavy atom. The van der Waals surface area contributed by atoms with Crippen LogP contribution in [0.3, 0.4) is 0 Å². The van der Waals surface area contributed by atoms with E-state index in [-0.39, 0.29) is 10.7 Å². The van der Waals surface area contributed by atoms with Crippen molar-refractivity contribution in [3.05, 3.63) is 54.1 Å². The molecule has 4 rings (SSSR count). The van der Waals surface area contributed by atoms with Gasteiger partial charge in [-0.25, -0.2) is 14.4 Å². The van der Waals surface area contributed by atoms with Crippen LogP contribution in [0.1, 0.15) is 10.4 Å². The molecule has 8 nitrogen and oxygen atoms in total. The Bertz CT molecular complexity index is 1230. The van der Waals surface area contributed by atoms with Crippen molar-refractivity contribution in [2.24, 2.45) is 0 Å². The summed E-state index contributed by atoms with van der Waals surface area (Å²) in [6.07, 6.45) is 1.44. The number of nitrogens with one attached hydrogen (secondary N) is 1. The van der Waals surface area contributed by atoms with Crippen LogP contribution in [0, 0.1) is 5.82 Å². The molecule has 30 heavy (non-hydrogen) atoms. The molecule has 0 saturated carbocycles. The van der Waals surface area contributed by atoms with E-state index in [1.54, 1.807) is 32.4 Å². The Morgan fingerprint density at radius 3 is 2.63 bits per heavy atom. The number of carbonyl (C=O) groups excluding carboxylic acids is 1. The molecule has 0 aliphatic rings. The largest absolute Gasteiger partial charge is 0.493 e. The third kappa shape index (κ3) is 4.02. The molecule has 11 heteroatoms. The number of nitrogens with zero attached hydrogens (tertiary/aromatic N) is 4. The quantitative estimate of drug-likeness (QED) is 0.352. The van der Waals surface area contributed by atoms with E-state index < -0.39 is 11.7 Å². The SMILES string of the molecule is COc1cc2ncnc(Sc3nnc(NC(=O)c4ccccc4F)s3)c2cc1OC. The van der Waals surface area contributed by atoms with Crippen molar-refractivity contribution in [2.45, 2.75) is 9.37 Å². The van der Waals surface area contributed by atoms with E-state index in [0.717, 1.165) is 16.7 Å². The lowest BCUT2D eigenvalue weighted by Gasteiger charge is -2.09. The van der Waals surface area contributed by atoms with Crippen molar-refractivity contribution in [1.82, 2.24) is 20.2 Å². The molecular weight excluding hydrogens is 429 g/mol. The number of amides is 1. The van der Waals surface area contributed by atoms with E-state index in [0.29, 0.717) is 26.4 Å². The standard InChI is InChI=1S/C19H14FN5O3S2/c1-27-14-7-11-13(8-15(14)28-2)21-9-22-17(11)29-19-25-24-18(30-19)23-16(26)10-5-3-4-6-12(10)20/h3-9H,1-2H3,(H,23,24,26). The average molecular weight is 443 g/mol. The number of aromatic nitrogens is 4. The van der Waals surface area contributed by atoms with Crippen molar-refractivity contribution in [3.63, 3.8) is 0 Å². The maximum Gasteiger partial charge on any atom is 0.260 e. The number of rotatable bonds is 6. The van der Waals surface area contributed by atoms with Gasteiger partial charge in [-0.15, -0.1) is 10.2 Å². The van der Waals surface area contributed by atoms with E-state index >= 15 is 0 Å². The van der Waals surface area contributed by atoms with Gasteiger partial charge in [-0.05, 0) is 30.0 Å². The smallest absolute Gasteiger partial charge is 0.260 e. The van der Waals surface area contributed by atoms with Crippen LogP contribution in [0.2, 0.25) is 0 Å². The summed E-state index contributed by atoms with van der Waals surface area (Å²) >= 11 is 2.42. The van der Waals surface area contributed by atoms with Crippen LogP contribution in [-0.2, 0) is 0 Å². The number of anilines is 1. The fraction of sp³-hybridized carbons (Fsp3) is 0.105. The fourth-order valence-electron chi connectivity index (χ4n) is 2.63. The first-order valence-corrected chi connectivity index (χ1v) is 10.2. The molecule has 0 atom stereocenters. The second-order valence-electron chi connectivity index (χ2n) is 5.81. The lowest BCUT2D eigenvalue weighted by Crippen LogP contribution is -2.13. The maximum atomic E-state index is 13.8. The van der Waals surface area contributed by atoms with Gasteiger partial charge in [0.2, 0.25) is 5.13 Å². The van der Waals surface area contributed by atoms with Gasteiger partial charge in [0.15, 0.2) is 15.8 Å². The molecule has 0 unspecified atom stereocenters. The average Bonchev–Trinajstić information content (AvgIpc) is 3.19. The summed E-state index contributed by atoms with van der Waals surface area (Å²) in [6.45, 7) is 0. The Kier molecular flexibility index (Phi) is 5.72. The topological polar surface area (TPSA) is 99.1 Å². The molecule has 2 aromatic heterocycles. The van der Waals surface area contributed by atoms with Gasteiger partial charge >= 0.3 is 0 Å². The van der Waals surface area contributed by atoms with Gasteiger partial charge in [0.1, 0.15) is 17.2 Å². The molecule has 0 bridgehead atoms. The molecule has 4 aromatic rings. The maximum absolute atomic E-state index is 13.8. The number of carbonyl (C=O) groups is 1. The van der Waals surface area contributed by atoms with E-state index in [4.69, 9.17) is 9.47 Å². The highest BCUT2D eigenvalue weighted by molar-refractivity contribution is 8.01. The van der Waals surface area contributed by atoms with E-state index in [1.807, 2.05) is 0 Å². The molecule has 1 N–H and O–H groups in total. The zero-order valence-electron chi connectivity index (χ0n) is 15.7. The minimum Gasteiger partial charge on any atom is -0.493 e. The molecule has 152 valence electrons. The summed E-state index contributed by atoms with van der Waals surface area (Å²) in [5.41, 5.74) is 0.618. The number of ether oxygens (including phenoxy) is 2. The Morgan fingerprint density at radius 1 is 1.10 bits per heavy atom. The Hall–Kier alpha value is -3.31. The molecule has 0 saturated heterocycles. The van der Waals surface area contributed by atoms with Crippen molar-refractivity contribution in [1.29, 1.82) is 0 Å². The number of fused-ring (bicyclic) bond motifs is 1. The van der Waals surface area contributed by atoms with Gasteiger partial charge in [-0.2, -0.15) is 0 Å². The summed E-state index contributed by atoms with van der Waals surface area (Å²) in [7, 11) is 3.11. The highest BCUT2D eigenvalue weighted by atomic mass is 32.2. The fourth-order valence-corrected chi connectivity index (χ4v) is 4.37. The molecule has 0 spiro atoms. The highest BCUT2D eigenvalue weighted by Crippen LogP contribution is 2.38. The van der Waals surface area contributed by atoms with Gasteiger partial charge in [-0.1, -0.05) is 23.5 Å². The summed E-state index contributed by atoms with van der Waals surface area (Å²) < 4.78 is 25.0. The van der Waals surface area contributed by atoms with E-state index in [9.17, 15) is 9.18 Å². The van der Waals surface area contributed by atoms with Crippen molar-refractivity contribution < 1.29 is 18.7 Å². The Labute approximate surface area is 178 Å². The predicted octanol–water partition coefficient (Wildman–Crippen LogP) is 4.04. The van der Waals surface area contributed by atoms with Crippen molar-refractivity contribution >= 4 is 45.0 Å². The first kappa shape index (κ1) is 20.0. The van der Waals surface area contributed by atoms with Crippen molar-refractivity contribution in [3.8, 4) is 11.5 Å². The molecule has 1 amide bonds. The number of benzene rings is 2. The van der Waals surface area contributed by atoms with Crippen LogP contribution in [0.25, 0.3) is 10.9 Å². The molecule has 0 aliphatic heterocycles. The second kappa shape index (κ2) is 8.59. The number of hydrogen-bond donors (Lipinski definition) is 1. The minimum atomic E-state index is -0.606. The number of hydrogen-bond acceptors (Lipinski definition) is 9. The summed E-state index contributed by atoms with van der Waals surface area (Å²) in [6, 6.07) is 9.28. The van der Waals surface area contributed by atoms with Gasteiger partial charge in [-0.3, -0.25) is 10.1 Å². The summed E-state index contributed by atoms with van der Waals surface area (Å²) in [5.74, 6) is -0.0819. The van der Waals surface area contributed by atoms with E-state index in [1.165, 1.54) is 36.3 Å². The summed E-state index contributed by atoms with van der Waals surface area (Å²) in [5, 5.41) is 12.2. The molecule has 0 radical (unpaired) electrons. The summed E-state index contributed by atoms with van der Waals surface area (Å²) in [4.78, 5) is 20.8. The minimum absolute atomic E-state index is 0.0651. The van der Waals surface area contributed by atoms with Gasteiger partial charge in [0, 0.05) is 11.5 Å². The predicted molar refractivity (Wildman–Crippen MR) is 111 cm³/mol. The van der Waals surface area contributed by atoms with Crippen LogP contribution in [0.15, 0.2) is 52.1 Å². The molecule has 0 aliphatic carbocycles. The third-order valence-electron chi connectivity index (χ3n) is 4.03. The van der Waals surface area contributed by atoms with E-state index in [2.05, 4.69) is 25.5 Å². The Balaban J connectivity index is 1.57. The first-order chi connectivity index (χ1) is 14.6. The zero-order valence-corrected chi connectivity index (χ0v) is 17.4. The van der Waals surface area contributed by atoms with Crippen LogP contribution in [-0.4, -0.2) is 40.3 Å². The van der Waals surface area contributed by atoms with Crippen molar-refractivity contribution in [2.75, 3.05) is 19.5 Å². The van der Waals surface area contributed by atoms with Gasteiger partial charge in [0.05, 0.1) is 25.3 Å².